The van der Waals surface area contributed by atoms with E-state index in [0.717, 1.165) is 27.9 Å². The second kappa shape index (κ2) is 8.13. The summed E-state index contributed by atoms with van der Waals surface area (Å²) in [5.41, 5.74) is 5.40. The Labute approximate surface area is 175 Å². The van der Waals surface area contributed by atoms with Crippen molar-refractivity contribution in [1.82, 2.24) is 4.98 Å². The first-order valence-electron chi connectivity index (χ1n) is 9.93. The van der Waals surface area contributed by atoms with Crippen LogP contribution in [-0.2, 0) is 6.61 Å². The molecule has 1 atom stereocenters. The second-order valence-electron chi connectivity index (χ2n) is 7.54. The summed E-state index contributed by atoms with van der Waals surface area (Å²) in [4.78, 5) is 17.3. The predicted octanol–water partition coefficient (Wildman–Crippen LogP) is 5.14. The van der Waals surface area contributed by atoms with Crippen molar-refractivity contribution < 1.29 is 9.52 Å². The van der Waals surface area contributed by atoms with E-state index in [2.05, 4.69) is 10.3 Å². The van der Waals surface area contributed by atoms with E-state index in [1.165, 1.54) is 0 Å². The fourth-order valence-electron chi connectivity index (χ4n) is 3.76. The Hall–Kier alpha value is -3.44. The van der Waals surface area contributed by atoms with Crippen molar-refractivity contribution in [3.63, 3.8) is 0 Å². The van der Waals surface area contributed by atoms with Gasteiger partial charge < -0.3 is 14.8 Å². The Kier molecular flexibility index (Phi) is 5.38. The molecule has 0 saturated heterocycles. The molecule has 5 heteroatoms. The number of nitrogens with zero attached hydrogens (tertiary/aromatic N) is 1. The summed E-state index contributed by atoms with van der Waals surface area (Å²) in [5.74, 6) is 0.586. The number of hydrogen-bond donors (Lipinski definition) is 2. The molecule has 0 aliphatic heterocycles. The highest BCUT2D eigenvalue weighted by molar-refractivity contribution is 5.84. The molecule has 0 aliphatic carbocycles. The highest BCUT2D eigenvalue weighted by Crippen LogP contribution is 2.32. The number of aliphatic hydroxyl groups is 1. The lowest BCUT2D eigenvalue weighted by Crippen LogP contribution is -2.13. The van der Waals surface area contributed by atoms with Crippen LogP contribution in [0, 0.1) is 13.8 Å². The van der Waals surface area contributed by atoms with Crippen LogP contribution in [0.3, 0.4) is 0 Å². The number of pyridine rings is 1. The molecule has 0 saturated carbocycles. The molecule has 2 heterocycles. The van der Waals surface area contributed by atoms with E-state index in [0.29, 0.717) is 22.3 Å². The molecular formula is C25H24N2O3. The summed E-state index contributed by atoms with van der Waals surface area (Å²) in [6, 6.07) is 15.2. The number of hydrogen-bond acceptors (Lipinski definition) is 5. The van der Waals surface area contributed by atoms with E-state index in [9.17, 15) is 9.90 Å². The van der Waals surface area contributed by atoms with Crippen LogP contribution in [0.4, 0.5) is 5.69 Å². The first kappa shape index (κ1) is 19.9. The van der Waals surface area contributed by atoms with Crippen molar-refractivity contribution in [1.29, 1.82) is 0 Å². The molecule has 2 aromatic carbocycles. The smallest absolute Gasteiger partial charge is 0.196 e. The highest BCUT2D eigenvalue weighted by Gasteiger charge is 2.19. The van der Waals surface area contributed by atoms with Crippen molar-refractivity contribution in [2.45, 2.75) is 33.4 Å². The Morgan fingerprint density at radius 3 is 2.63 bits per heavy atom. The van der Waals surface area contributed by atoms with Crippen LogP contribution in [0.1, 0.15) is 35.2 Å². The average Bonchev–Trinajstić information content (AvgIpc) is 2.77. The maximum absolute atomic E-state index is 13.2. The summed E-state index contributed by atoms with van der Waals surface area (Å²) < 4.78 is 6.36. The Morgan fingerprint density at radius 2 is 1.90 bits per heavy atom. The molecule has 0 spiro atoms. The van der Waals surface area contributed by atoms with Crippen LogP contribution in [0.15, 0.2) is 70.1 Å². The van der Waals surface area contributed by atoms with Gasteiger partial charge >= 0.3 is 0 Å². The third kappa shape index (κ3) is 3.60. The predicted molar refractivity (Wildman–Crippen MR) is 120 cm³/mol. The van der Waals surface area contributed by atoms with Crippen molar-refractivity contribution in [2.75, 3.05) is 5.32 Å². The summed E-state index contributed by atoms with van der Waals surface area (Å²) >= 11 is 0. The van der Waals surface area contributed by atoms with E-state index in [-0.39, 0.29) is 18.1 Å². The molecular weight excluding hydrogens is 376 g/mol. The summed E-state index contributed by atoms with van der Waals surface area (Å²) in [5, 5.41) is 13.6. The van der Waals surface area contributed by atoms with Gasteiger partial charge in [-0.05, 0) is 38.5 Å². The molecule has 1 unspecified atom stereocenters. The van der Waals surface area contributed by atoms with E-state index in [1.807, 2.05) is 56.3 Å². The lowest BCUT2D eigenvalue weighted by atomic mass is 9.98. The molecule has 4 aromatic rings. The first-order chi connectivity index (χ1) is 14.5. The highest BCUT2D eigenvalue weighted by atomic mass is 16.3. The van der Waals surface area contributed by atoms with Gasteiger partial charge in [-0.25, -0.2) is 0 Å². The van der Waals surface area contributed by atoms with Crippen LogP contribution in [0.2, 0.25) is 0 Å². The van der Waals surface area contributed by atoms with Crippen molar-refractivity contribution in [3.05, 3.63) is 93.4 Å². The van der Waals surface area contributed by atoms with Gasteiger partial charge in [-0.3, -0.25) is 9.78 Å². The number of aliphatic hydroxyl groups excluding tert-OH is 1. The molecule has 152 valence electrons. The Bertz CT molecular complexity index is 1260. The van der Waals surface area contributed by atoms with Crippen LogP contribution in [0.25, 0.3) is 22.3 Å². The zero-order valence-electron chi connectivity index (χ0n) is 17.3. The third-order valence-electron chi connectivity index (χ3n) is 5.35. The van der Waals surface area contributed by atoms with Gasteiger partial charge in [0.25, 0.3) is 0 Å². The average molecular weight is 400 g/mol. The van der Waals surface area contributed by atoms with Crippen LogP contribution in [-0.4, -0.2) is 10.1 Å². The normalized spacial score (nSPS) is 12.1. The molecule has 0 radical (unpaired) electrons. The number of fused-ring (bicyclic) bond motifs is 1. The summed E-state index contributed by atoms with van der Waals surface area (Å²) in [7, 11) is 0. The maximum atomic E-state index is 13.2. The molecule has 4 rings (SSSR count). The zero-order chi connectivity index (χ0) is 21.3. The SMILES string of the molecule is Cc1cc(C(C)Nc2cnccc2CO)c2oc(-c3ccccc3)c(C)c(=O)c2c1. The zero-order valence-corrected chi connectivity index (χ0v) is 17.3. The van der Waals surface area contributed by atoms with Gasteiger partial charge in [-0.15, -0.1) is 0 Å². The van der Waals surface area contributed by atoms with Gasteiger partial charge in [-0.2, -0.15) is 0 Å². The molecule has 30 heavy (non-hydrogen) atoms. The number of nitrogens with one attached hydrogen (secondary N) is 1. The van der Waals surface area contributed by atoms with Crippen LogP contribution < -0.4 is 10.7 Å². The van der Waals surface area contributed by atoms with E-state index >= 15 is 0 Å². The van der Waals surface area contributed by atoms with Gasteiger partial charge in [0.1, 0.15) is 11.3 Å². The number of anilines is 1. The van der Waals surface area contributed by atoms with Gasteiger partial charge in [0.15, 0.2) is 5.43 Å². The van der Waals surface area contributed by atoms with Crippen molar-refractivity contribution in [2.24, 2.45) is 0 Å². The number of aromatic nitrogens is 1. The van der Waals surface area contributed by atoms with Gasteiger partial charge in [0, 0.05) is 28.5 Å². The monoisotopic (exact) mass is 400 g/mol. The first-order valence-corrected chi connectivity index (χ1v) is 9.93. The minimum Gasteiger partial charge on any atom is -0.455 e. The molecule has 0 amide bonds. The molecule has 0 fully saturated rings. The van der Waals surface area contributed by atoms with E-state index in [1.54, 1.807) is 25.4 Å². The molecule has 2 aromatic heterocycles. The largest absolute Gasteiger partial charge is 0.455 e. The van der Waals surface area contributed by atoms with Crippen molar-refractivity contribution >= 4 is 16.7 Å². The van der Waals surface area contributed by atoms with Crippen LogP contribution in [0.5, 0.6) is 0 Å². The van der Waals surface area contributed by atoms with Crippen LogP contribution >= 0.6 is 0 Å². The lowest BCUT2D eigenvalue weighted by Gasteiger charge is -2.20. The third-order valence-corrected chi connectivity index (χ3v) is 5.35. The maximum Gasteiger partial charge on any atom is 0.196 e. The van der Waals surface area contributed by atoms with Crippen molar-refractivity contribution in [3.8, 4) is 11.3 Å². The summed E-state index contributed by atoms with van der Waals surface area (Å²) in [6.07, 6.45) is 3.34. The standard InChI is InChI=1S/C25H24N2O3/c1-15-11-20(17(3)27-22-13-26-10-9-19(22)14-28)25-21(12-15)23(29)16(2)24(30-25)18-7-5-4-6-8-18/h4-13,17,27-28H,14H2,1-3H3. The topological polar surface area (TPSA) is 75.4 Å². The minimum absolute atomic E-state index is 0.0234. The van der Waals surface area contributed by atoms with E-state index in [4.69, 9.17) is 4.42 Å². The molecule has 2 N–H and O–H groups in total. The number of aryl methyl sites for hydroxylation is 1. The fourth-order valence-corrected chi connectivity index (χ4v) is 3.76. The molecule has 0 aliphatic rings. The lowest BCUT2D eigenvalue weighted by molar-refractivity contribution is 0.282. The Balaban J connectivity index is 1.89. The molecule has 5 nitrogen and oxygen atoms in total. The molecule has 0 bridgehead atoms. The summed E-state index contributed by atoms with van der Waals surface area (Å²) in [6.45, 7) is 5.70. The number of rotatable bonds is 5. The second-order valence-corrected chi connectivity index (χ2v) is 7.54. The quantitative estimate of drug-likeness (QED) is 0.485. The van der Waals surface area contributed by atoms with Gasteiger partial charge in [0.05, 0.1) is 29.9 Å². The van der Waals surface area contributed by atoms with E-state index < -0.39 is 0 Å². The van der Waals surface area contributed by atoms with Gasteiger partial charge in [-0.1, -0.05) is 36.4 Å². The van der Waals surface area contributed by atoms with Gasteiger partial charge in [0.2, 0.25) is 0 Å². The number of benzene rings is 2. The fraction of sp³-hybridized carbons (Fsp3) is 0.200. The Morgan fingerprint density at radius 1 is 1.13 bits per heavy atom. The minimum atomic E-state index is -0.170.